The first-order valence-electron chi connectivity index (χ1n) is 7.09. The predicted octanol–water partition coefficient (Wildman–Crippen LogP) is 2.45. The van der Waals surface area contributed by atoms with E-state index < -0.39 is 9.84 Å². The molecule has 0 radical (unpaired) electrons. The van der Waals surface area contributed by atoms with Gasteiger partial charge in [-0.25, -0.2) is 8.42 Å². The Morgan fingerprint density at radius 3 is 2.57 bits per heavy atom. The largest absolute Gasteiger partial charge is 0.381 e. The SMILES string of the molecule is CS(=O)(=O)C1CCCC1Nc1ccc(-c2ccn[nH]2)cc1. The average molecular weight is 305 g/mol. The van der Waals surface area contributed by atoms with E-state index in [0.717, 1.165) is 36.2 Å². The van der Waals surface area contributed by atoms with Crippen molar-refractivity contribution < 1.29 is 8.42 Å². The summed E-state index contributed by atoms with van der Waals surface area (Å²) in [6.07, 6.45) is 5.67. The van der Waals surface area contributed by atoms with E-state index in [1.165, 1.54) is 6.26 Å². The molecule has 0 spiro atoms. The molecule has 1 aliphatic rings. The molecule has 2 unspecified atom stereocenters. The third kappa shape index (κ3) is 3.10. The lowest BCUT2D eigenvalue weighted by atomic mass is 10.1. The molecule has 1 saturated carbocycles. The summed E-state index contributed by atoms with van der Waals surface area (Å²) in [4.78, 5) is 0. The molecular weight excluding hydrogens is 286 g/mol. The molecule has 1 aromatic carbocycles. The second kappa shape index (κ2) is 5.52. The van der Waals surface area contributed by atoms with Crippen LogP contribution in [0.5, 0.6) is 0 Å². The van der Waals surface area contributed by atoms with Crippen LogP contribution in [0.25, 0.3) is 11.3 Å². The first kappa shape index (κ1) is 14.1. The van der Waals surface area contributed by atoms with Crippen LogP contribution in [-0.2, 0) is 9.84 Å². The lowest BCUT2D eigenvalue weighted by Crippen LogP contribution is -2.34. The zero-order chi connectivity index (χ0) is 14.9. The fraction of sp³-hybridized carbons (Fsp3) is 0.400. The molecule has 0 aliphatic heterocycles. The fourth-order valence-corrected chi connectivity index (χ4v) is 4.38. The van der Waals surface area contributed by atoms with Crippen molar-refractivity contribution in [2.45, 2.75) is 30.6 Å². The molecule has 2 N–H and O–H groups in total. The number of aromatic nitrogens is 2. The van der Waals surface area contributed by atoms with Crippen LogP contribution in [0.1, 0.15) is 19.3 Å². The molecule has 2 aromatic rings. The Kier molecular flexibility index (Phi) is 3.71. The summed E-state index contributed by atoms with van der Waals surface area (Å²) in [6, 6.07) is 9.89. The van der Waals surface area contributed by atoms with Crippen LogP contribution >= 0.6 is 0 Å². The van der Waals surface area contributed by atoms with Crippen molar-refractivity contribution in [1.29, 1.82) is 0 Å². The van der Waals surface area contributed by atoms with Gasteiger partial charge < -0.3 is 5.32 Å². The lowest BCUT2D eigenvalue weighted by Gasteiger charge is -2.20. The topological polar surface area (TPSA) is 74.8 Å². The molecule has 21 heavy (non-hydrogen) atoms. The quantitative estimate of drug-likeness (QED) is 0.910. The number of nitrogens with zero attached hydrogens (tertiary/aromatic N) is 1. The summed E-state index contributed by atoms with van der Waals surface area (Å²) in [5.74, 6) is 0. The van der Waals surface area contributed by atoms with E-state index in [2.05, 4.69) is 15.5 Å². The van der Waals surface area contributed by atoms with Gasteiger partial charge in [-0.15, -0.1) is 0 Å². The number of nitrogens with one attached hydrogen (secondary N) is 2. The van der Waals surface area contributed by atoms with Crippen LogP contribution in [0.2, 0.25) is 0 Å². The fourth-order valence-electron chi connectivity index (χ4n) is 2.98. The molecule has 0 bridgehead atoms. The first-order chi connectivity index (χ1) is 10.0. The maximum atomic E-state index is 11.8. The summed E-state index contributed by atoms with van der Waals surface area (Å²) in [7, 11) is -2.99. The Morgan fingerprint density at radius 2 is 1.95 bits per heavy atom. The normalized spacial score (nSPS) is 22.3. The molecule has 3 rings (SSSR count). The number of benzene rings is 1. The van der Waals surface area contributed by atoms with Gasteiger partial charge in [-0.05, 0) is 43.0 Å². The Hall–Kier alpha value is -1.82. The number of rotatable bonds is 4. The second-order valence-corrected chi connectivity index (χ2v) is 7.86. The molecule has 0 amide bonds. The standard InChI is InChI=1S/C15H19N3O2S/c1-21(19,20)15-4-2-3-14(15)17-12-7-5-11(6-8-12)13-9-10-16-18-13/h5-10,14-15,17H,2-4H2,1H3,(H,16,18). The lowest BCUT2D eigenvalue weighted by molar-refractivity contribution is 0.579. The molecule has 2 atom stereocenters. The van der Waals surface area contributed by atoms with E-state index in [-0.39, 0.29) is 11.3 Å². The smallest absolute Gasteiger partial charge is 0.152 e. The summed E-state index contributed by atoms with van der Waals surface area (Å²) >= 11 is 0. The van der Waals surface area contributed by atoms with Gasteiger partial charge in [0.15, 0.2) is 9.84 Å². The van der Waals surface area contributed by atoms with Gasteiger partial charge in [0.1, 0.15) is 0 Å². The Balaban J connectivity index is 1.73. The Labute approximate surface area is 124 Å². The average Bonchev–Trinajstić information content (AvgIpc) is 3.09. The second-order valence-electron chi connectivity index (χ2n) is 5.60. The van der Waals surface area contributed by atoms with Crippen molar-refractivity contribution >= 4 is 15.5 Å². The van der Waals surface area contributed by atoms with Crippen molar-refractivity contribution in [1.82, 2.24) is 10.2 Å². The molecule has 1 aromatic heterocycles. The van der Waals surface area contributed by atoms with Crippen LogP contribution in [0.15, 0.2) is 36.5 Å². The van der Waals surface area contributed by atoms with Crippen LogP contribution < -0.4 is 5.32 Å². The summed E-state index contributed by atoms with van der Waals surface area (Å²) in [5.41, 5.74) is 2.99. The maximum Gasteiger partial charge on any atom is 0.152 e. The summed E-state index contributed by atoms with van der Waals surface area (Å²) < 4.78 is 23.6. The van der Waals surface area contributed by atoms with Crippen molar-refractivity contribution in [2.75, 3.05) is 11.6 Å². The molecule has 6 heteroatoms. The minimum atomic E-state index is -2.99. The van der Waals surface area contributed by atoms with E-state index in [9.17, 15) is 8.42 Å². The number of hydrogen-bond donors (Lipinski definition) is 2. The van der Waals surface area contributed by atoms with Gasteiger partial charge in [-0.1, -0.05) is 12.1 Å². The van der Waals surface area contributed by atoms with E-state index in [1.54, 1.807) is 6.20 Å². The Bertz CT molecular complexity index is 693. The highest BCUT2D eigenvalue weighted by Gasteiger charge is 2.34. The number of aromatic amines is 1. The van der Waals surface area contributed by atoms with Gasteiger partial charge >= 0.3 is 0 Å². The minimum absolute atomic E-state index is 0.0120. The van der Waals surface area contributed by atoms with Gasteiger partial charge in [0, 0.05) is 24.2 Å². The van der Waals surface area contributed by atoms with Gasteiger partial charge in [-0.3, -0.25) is 5.10 Å². The van der Waals surface area contributed by atoms with E-state index >= 15 is 0 Å². The molecular formula is C15H19N3O2S. The number of H-pyrrole nitrogens is 1. The van der Waals surface area contributed by atoms with Crippen molar-refractivity contribution in [3.63, 3.8) is 0 Å². The monoisotopic (exact) mass is 305 g/mol. The van der Waals surface area contributed by atoms with Gasteiger partial charge in [0.25, 0.3) is 0 Å². The van der Waals surface area contributed by atoms with Crippen LogP contribution in [0.3, 0.4) is 0 Å². The third-order valence-corrected chi connectivity index (χ3v) is 5.72. The third-order valence-electron chi connectivity index (χ3n) is 4.05. The molecule has 1 fully saturated rings. The van der Waals surface area contributed by atoms with Gasteiger partial charge in [0.2, 0.25) is 0 Å². The van der Waals surface area contributed by atoms with Gasteiger partial charge in [0.05, 0.1) is 10.9 Å². The Morgan fingerprint density at radius 1 is 1.19 bits per heavy atom. The van der Waals surface area contributed by atoms with E-state index in [4.69, 9.17) is 0 Å². The summed E-state index contributed by atoms with van der Waals surface area (Å²) in [5, 5.41) is 9.95. The highest BCUT2D eigenvalue weighted by atomic mass is 32.2. The van der Waals surface area contributed by atoms with E-state index in [0.29, 0.717) is 0 Å². The minimum Gasteiger partial charge on any atom is -0.381 e. The highest BCUT2D eigenvalue weighted by molar-refractivity contribution is 7.91. The molecule has 0 saturated heterocycles. The van der Waals surface area contributed by atoms with Crippen molar-refractivity contribution in [3.8, 4) is 11.3 Å². The first-order valence-corrected chi connectivity index (χ1v) is 9.05. The zero-order valence-electron chi connectivity index (χ0n) is 11.9. The predicted molar refractivity (Wildman–Crippen MR) is 83.9 cm³/mol. The van der Waals surface area contributed by atoms with Crippen molar-refractivity contribution in [2.24, 2.45) is 0 Å². The molecule has 112 valence electrons. The zero-order valence-corrected chi connectivity index (χ0v) is 12.7. The maximum absolute atomic E-state index is 11.8. The van der Waals surface area contributed by atoms with Gasteiger partial charge in [-0.2, -0.15) is 5.10 Å². The van der Waals surface area contributed by atoms with E-state index in [1.807, 2.05) is 30.3 Å². The van der Waals surface area contributed by atoms with Crippen LogP contribution in [0, 0.1) is 0 Å². The number of sulfone groups is 1. The molecule has 5 nitrogen and oxygen atoms in total. The number of anilines is 1. The summed E-state index contributed by atoms with van der Waals surface area (Å²) in [6.45, 7) is 0. The van der Waals surface area contributed by atoms with Crippen LogP contribution in [0.4, 0.5) is 5.69 Å². The van der Waals surface area contributed by atoms with Crippen LogP contribution in [-0.4, -0.2) is 36.2 Å². The molecule has 1 heterocycles. The highest BCUT2D eigenvalue weighted by Crippen LogP contribution is 2.28. The number of hydrogen-bond acceptors (Lipinski definition) is 4. The van der Waals surface area contributed by atoms with Crippen molar-refractivity contribution in [3.05, 3.63) is 36.5 Å². The molecule has 1 aliphatic carbocycles.